The molecular weight excluding hydrogens is 332 g/mol. The Labute approximate surface area is 141 Å². The average Bonchev–Trinajstić information content (AvgIpc) is 2.60. The van der Waals surface area contributed by atoms with E-state index in [1.54, 1.807) is 6.07 Å². The molecule has 2 N–H and O–H groups in total. The van der Waals surface area contributed by atoms with E-state index < -0.39 is 9.84 Å². The summed E-state index contributed by atoms with van der Waals surface area (Å²) in [5.74, 6) is 0.539. The molecular formula is C16H22N2O5S. The summed E-state index contributed by atoms with van der Waals surface area (Å²) in [6, 6.07) is 4.69. The summed E-state index contributed by atoms with van der Waals surface area (Å²) >= 11 is 0. The summed E-state index contributed by atoms with van der Waals surface area (Å²) in [6.07, 6.45) is 1.71. The molecule has 0 aromatic heterocycles. The molecule has 24 heavy (non-hydrogen) atoms. The lowest BCUT2D eigenvalue weighted by Crippen LogP contribution is -2.43. The van der Waals surface area contributed by atoms with E-state index >= 15 is 0 Å². The van der Waals surface area contributed by atoms with E-state index in [4.69, 9.17) is 9.47 Å². The van der Waals surface area contributed by atoms with Crippen LogP contribution in [0.2, 0.25) is 0 Å². The lowest BCUT2D eigenvalue weighted by Gasteiger charge is -2.23. The van der Waals surface area contributed by atoms with Crippen LogP contribution in [0.25, 0.3) is 0 Å². The van der Waals surface area contributed by atoms with Crippen LogP contribution in [-0.4, -0.2) is 52.4 Å². The van der Waals surface area contributed by atoms with Gasteiger partial charge in [0.2, 0.25) is 5.91 Å². The highest BCUT2D eigenvalue weighted by Gasteiger charge is 2.22. The number of hydrogen-bond donors (Lipinski definition) is 2. The molecule has 0 spiro atoms. The SMILES string of the molecule is O=C(CCS(=O)(=O)c1ccc2c(c1)OCCO2)NC1CCNCC1. The van der Waals surface area contributed by atoms with Crippen LogP contribution in [0, 0.1) is 0 Å². The fourth-order valence-corrected chi connectivity index (χ4v) is 4.08. The number of hydrogen-bond acceptors (Lipinski definition) is 6. The molecule has 8 heteroatoms. The van der Waals surface area contributed by atoms with Crippen molar-refractivity contribution < 1.29 is 22.7 Å². The Bertz CT molecular complexity index is 698. The van der Waals surface area contributed by atoms with Gasteiger partial charge in [-0.25, -0.2) is 8.42 Å². The molecule has 2 aliphatic heterocycles. The van der Waals surface area contributed by atoms with Crippen molar-refractivity contribution in [2.45, 2.75) is 30.2 Å². The molecule has 1 aromatic rings. The van der Waals surface area contributed by atoms with Crippen LogP contribution in [0.1, 0.15) is 19.3 Å². The number of rotatable bonds is 5. The Kier molecular flexibility index (Phi) is 5.25. The van der Waals surface area contributed by atoms with Gasteiger partial charge in [0.1, 0.15) is 13.2 Å². The van der Waals surface area contributed by atoms with Gasteiger partial charge in [0, 0.05) is 18.5 Å². The molecule has 2 aliphatic rings. The first-order chi connectivity index (χ1) is 11.5. The van der Waals surface area contributed by atoms with Crippen LogP contribution in [-0.2, 0) is 14.6 Å². The second-order valence-corrected chi connectivity index (χ2v) is 8.08. The normalized spacial score (nSPS) is 18.2. The Morgan fingerprint density at radius 2 is 1.88 bits per heavy atom. The number of nitrogens with one attached hydrogen (secondary N) is 2. The number of sulfone groups is 1. The molecule has 0 aliphatic carbocycles. The number of amides is 1. The van der Waals surface area contributed by atoms with Gasteiger partial charge in [0.05, 0.1) is 10.6 Å². The molecule has 2 heterocycles. The highest BCUT2D eigenvalue weighted by molar-refractivity contribution is 7.91. The predicted octanol–water partition coefficient (Wildman–Crippen LogP) is 0.490. The van der Waals surface area contributed by atoms with Crippen LogP contribution in [0.3, 0.4) is 0 Å². The standard InChI is InChI=1S/C16H22N2O5S/c19-16(18-12-3-6-17-7-4-12)5-10-24(20,21)13-1-2-14-15(11-13)23-9-8-22-14/h1-2,11-12,17H,3-10H2,(H,18,19). The first-order valence-corrected chi connectivity index (χ1v) is 9.82. The van der Waals surface area contributed by atoms with E-state index in [-0.39, 0.29) is 29.0 Å². The fourth-order valence-electron chi connectivity index (χ4n) is 2.83. The molecule has 3 rings (SSSR count). The van der Waals surface area contributed by atoms with Crippen LogP contribution < -0.4 is 20.1 Å². The monoisotopic (exact) mass is 354 g/mol. The lowest BCUT2D eigenvalue weighted by atomic mass is 10.1. The second kappa shape index (κ2) is 7.40. The Morgan fingerprint density at radius 3 is 2.62 bits per heavy atom. The first kappa shape index (κ1) is 17.0. The molecule has 0 saturated carbocycles. The summed E-state index contributed by atoms with van der Waals surface area (Å²) in [7, 11) is -3.54. The van der Waals surface area contributed by atoms with Crippen LogP contribution in [0.15, 0.2) is 23.1 Å². The van der Waals surface area contributed by atoms with Gasteiger partial charge in [-0.2, -0.15) is 0 Å². The molecule has 1 aromatic carbocycles. The molecule has 0 unspecified atom stereocenters. The molecule has 1 fully saturated rings. The second-order valence-electron chi connectivity index (χ2n) is 5.97. The molecule has 1 saturated heterocycles. The van der Waals surface area contributed by atoms with E-state index in [0.29, 0.717) is 24.7 Å². The number of ether oxygens (including phenoxy) is 2. The minimum atomic E-state index is -3.54. The quantitative estimate of drug-likeness (QED) is 0.799. The first-order valence-electron chi connectivity index (χ1n) is 8.17. The average molecular weight is 354 g/mol. The molecule has 1 amide bonds. The van der Waals surface area contributed by atoms with Crippen molar-refractivity contribution >= 4 is 15.7 Å². The van der Waals surface area contributed by atoms with Crippen molar-refractivity contribution in [1.82, 2.24) is 10.6 Å². The molecule has 0 radical (unpaired) electrons. The van der Waals surface area contributed by atoms with E-state index in [9.17, 15) is 13.2 Å². The zero-order chi connectivity index (χ0) is 17.0. The zero-order valence-electron chi connectivity index (χ0n) is 13.4. The van der Waals surface area contributed by atoms with Crippen molar-refractivity contribution in [2.24, 2.45) is 0 Å². The van der Waals surface area contributed by atoms with Crippen LogP contribution in [0.4, 0.5) is 0 Å². The zero-order valence-corrected chi connectivity index (χ0v) is 14.2. The number of piperidine rings is 1. The van der Waals surface area contributed by atoms with Gasteiger partial charge >= 0.3 is 0 Å². The van der Waals surface area contributed by atoms with E-state index in [2.05, 4.69) is 10.6 Å². The van der Waals surface area contributed by atoms with Gasteiger partial charge in [-0.15, -0.1) is 0 Å². The van der Waals surface area contributed by atoms with Gasteiger partial charge in [-0.1, -0.05) is 0 Å². The smallest absolute Gasteiger partial charge is 0.221 e. The summed E-state index contributed by atoms with van der Waals surface area (Å²) < 4.78 is 35.7. The van der Waals surface area contributed by atoms with Gasteiger partial charge < -0.3 is 20.1 Å². The fraction of sp³-hybridized carbons (Fsp3) is 0.562. The van der Waals surface area contributed by atoms with E-state index in [1.807, 2.05) is 0 Å². The van der Waals surface area contributed by atoms with Gasteiger partial charge in [0.15, 0.2) is 21.3 Å². The third-order valence-corrected chi connectivity index (χ3v) is 5.89. The minimum Gasteiger partial charge on any atom is -0.486 e. The summed E-state index contributed by atoms with van der Waals surface area (Å²) in [5.41, 5.74) is 0. The van der Waals surface area contributed by atoms with E-state index in [0.717, 1.165) is 25.9 Å². The number of fused-ring (bicyclic) bond motifs is 1. The minimum absolute atomic E-state index is 0.0410. The Hall–Kier alpha value is -1.80. The Morgan fingerprint density at radius 1 is 1.17 bits per heavy atom. The van der Waals surface area contributed by atoms with Gasteiger partial charge in [0.25, 0.3) is 0 Å². The van der Waals surface area contributed by atoms with Crippen molar-refractivity contribution in [3.63, 3.8) is 0 Å². The van der Waals surface area contributed by atoms with E-state index in [1.165, 1.54) is 12.1 Å². The summed E-state index contributed by atoms with van der Waals surface area (Å²) in [5, 5.41) is 6.13. The third kappa shape index (κ3) is 4.18. The highest BCUT2D eigenvalue weighted by Crippen LogP contribution is 2.32. The molecule has 0 bridgehead atoms. The van der Waals surface area contributed by atoms with Gasteiger partial charge in [-0.05, 0) is 38.1 Å². The predicted molar refractivity (Wildman–Crippen MR) is 88.1 cm³/mol. The molecule has 0 atom stereocenters. The lowest BCUT2D eigenvalue weighted by molar-refractivity contribution is -0.121. The number of benzene rings is 1. The summed E-state index contributed by atoms with van der Waals surface area (Å²) in [6.45, 7) is 2.60. The maximum absolute atomic E-state index is 12.4. The summed E-state index contributed by atoms with van der Waals surface area (Å²) in [4.78, 5) is 12.1. The largest absolute Gasteiger partial charge is 0.486 e. The highest BCUT2D eigenvalue weighted by atomic mass is 32.2. The number of carbonyl (C=O) groups excluding carboxylic acids is 1. The topological polar surface area (TPSA) is 93.7 Å². The maximum Gasteiger partial charge on any atom is 0.221 e. The molecule has 132 valence electrons. The van der Waals surface area contributed by atoms with Crippen molar-refractivity contribution in [3.05, 3.63) is 18.2 Å². The number of carbonyl (C=O) groups is 1. The van der Waals surface area contributed by atoms with Crippen LogP contribution in [0.5, 0.6) is 11.5 Å². The van der Waals surface area contributed by atoms with Crippen molar-refractivity contribution in [2.75, 3.05) is 32.1 Å². The maximum atomic E-state index is 12.4. The Balaban J connectivity index is 1.58. The molecule has 7 nitrogen and oxygen atoms in total. The van der Waals surface area contributed by atoms with Crippen molar-refractivity contribution in [1.29, 1.82) is 0 Å². The van der Waals surface area contributed by atoms with Crippen LogP contribution >= 0.6 is 0 Å². The van der Waals surface area contributed by atoms with Crippen molar-refractivity contribution in [3.8, 4) is 11.5 Å². The third-order valence-electron chi connectivity index (χ3n) is 4.17. The van der Waals surface area contributed by atoms with Gasteiger partial charge in [-0.3, -0.25) is 4.79 Å².